The molecule has 2 aromatic rings. The standard InChI is InChI=1S/C17H16OS/c1-14(18)19-13-5-6-15-9-11-17(12-10-15)16-7-3-2-4-8-16/h2-12H,13H2,1H3. The molecule has 96 valence electrons. The number of thioether (sulfide) groups is 1. The van der Waals surface area contributed by atoms with Crippen molar-refractivity contribution in [3.63, 3.8) is 0 Å². The highest BCUT2D eigenvalue weighted by Gasteiger charge is 1.95. The van der Waals surface area contributed by atoms with Gasteiger partial charge in [-0.25, -0.2) is 0 Å². The van der Waals surface area contributed by atoms with Crippen LogP contribution in [0.5, 0.6) is 0 Å². The first-order valence-corrected chi connectivity index (χ1v) is 7.19. The Bertz CT molecular complexity index is 556. The summed E-state index contributed by atoms with van der Waals surface area (Å²) in [5.41, 5.74) is 3.60. The summed E-state index contributed by atoms with van der Waals surface area (Å²) in [5, 5.41) is 0.157. The van der Waals surface area contributed by atoms with Crippen LogP contribution in [0.25, 0.3) is 17.2 Å². The van der Waals surface area contributed by atoms with Gasteiger partial charge in [-0.05, 0) is 16.7 Å². The molecule has 19 heavy (non-hydrogen) atoms. The van der Waals surface area contributed by atoms with Gasteiger partial charge in [-0.3, -0.25) is 4.79 Å². The second-order valence-corrected chi connectivity index (χ2v) is 5.39. The molecule has 2 aromatic carbocycles. The summed E-state index contributed by atoms with van der Waals surface area (Å²) in [4.78, 5) is 10.8. The fourth-order valence-corrected chi connectivity index (χ4v) is 2.19. The highest BCUT2D eigenvalue weighted by Crippen LogP contribution is 2.19. The van der Waals surface area contributed by atoms with E-state index in [1.54, 1.807) is 6.92 Å². The number of hydrogen-bond acceptors (Lipinski definition) is 2. The predicted octanol–water partition coefficient (Wildman–Crippen LogP) is 4.65. The average Bonchev–Trinajstić information content (AvgIpc) is 2.45. The Balaban J connectivity index is 2.01. The number of carbonyl (C=O) groups is 1. The molecule has 1 nitrogen and oxygen atoms in total. The van der Waals surface area contributed by atoms with E-state index < -0.39 is 0 Å². The molecule has 0 aliphatic rings. The minimum Gasteiger partial charge on any atom is -0.288 e. The fraction of sp³-hybridized carbons (Fsp3) is 0.118. The van der Waals surface area contributed by atoms with Gasteiger partial charge in [0.05, 0.1) is 0 Å². The van der Waals surface area contributed by atoms with Gasteiger partial charge in [-0.2, -0.15) is 0 Å². The van der Waals surface area contributed by atoms with E-state index in [1.165, 1.54) is 22.9 Å². The molecule has 0 unspecified atom stereocenters. The van der Waals surface area contributed by atoms with Crippen LogP contribution in [0.4, 0.5) is 0 Å². The lowest BCUT2D eigenvalue weighted by molar-refractivity contribution is -0.109. The molecule has 0 amide bonds. The Labute approximate surface area is 118 Å². The van der Waals surface area contributed by atoms with Gasteiger partial charge in [0.25, 0.3) is 0 Å². The topological polar surface area (TPSA) is 17.1 Å². The number of benzene rings is 2. The van der Waals surface area contributed by atoms with Crippen LogP contribution < -0.4 is 0 Å². The maximum absolute atomic E-state index is 10.8. The van der Waals surface area contributed by atoms with E-state index in [1.807, 2.05) is 30.4 Å². The van der Waals surface area contributed by atoms with Gasteiger partial charge >= 0.3 is 0 Å². The van der Waals surface area contributed by atoms with E-state index in [0.717, 1.165) is 11.3 Å². The van der Waals surface area contributed by atoms with Crippen molar-refractivity contribution in [3.8, 4) is 11.1 Å². The van der Waals surface area contributed by atoms with E-state index in [9.17, 15) is 4.79 Å². The molecule has 0 saturated carbocycles. The van der Waals surface area contributed by atoms with Crippen molar-refractivity contribution < 1.29 is 4.79 Å². The zero-order valence-electron chi connectivity index (χ0n) is 10.9. The monoisotopic (exact) mass is 268 g/mol. The molecule has 0 spiro atoms. The van der Waals surface area contributed by atoms with Crippen molar-refractivity contribution in [2.24, 2.45) is 0 Å². The molecule has 0 saturated heterocycles. The minimum absolute atomic E-state index is 0.157. The van der Waals surface area contributed by atoms with Gasteiger partial charge in [-0.1, -0.05) is 78.5 Å². The highest BCUT2D eigenvalue weighted by molar-refractivity contribution is 8.13. The first kappa shape index (κ1) is 13.6. The molecule has 0 radical (unpaired) electrons. The van der Waals surface area contributed by atoms with E-state index in [-0.39, 0.29) is 5.12 Å². The summed E-state index contributed by atoms with van der Waals surface area (Å²) in [7, 11) is 0. The minimum atomic E-state index is 0.157. The SMILES string of the molecule is CC(=O)SCC=Cc1ccc(-c2ccccc2)cc1. The van der Waals surface area contributed by atoms with Crippen LogP contribution in [0, 0.1) is 0 Å². The molecule has 0 fully saturated rings. The molecule has 0 aliphatic carbocycles. The summed E-state index contributed by atoms with van der Waals surface area (Å²) < 4.78 is 0. The van der Waals surface area contributed by atoms with Crippen molar-refractivity contribution in [2.75, 3.05) is 5.75 Å². The Morgan fingerprint density at radius 1 is 1.00 bits per heavy atom. The predicted molar refractivity (Wildman–Crippen MR) is 84.1 cm³/mol. The van der Waals surface area contributed by atoms with E-state index >= 15 is 0 Å². The van der Waals surface area contributed by atoms with Gasteiger partial charge in [-0.15, -0.1) is 0 Å². The van der Waals surface area contributed by atoms with Crippen molar-refractivity contribution in [3.05, 3.63) is 66.2 Å². The number of hydrogen-bond donors (Lipinski definition) is 0. The quantitative estimate of drug-likeness (QED) is 0.803. The Kier molecular flexibility index (Phi) is 4.99. The molecule has 0 bridgehead atoms. The normalized spacial score (nSPS) is 10.8. The van der Waals surface area contributed by atoms with E-state index in [2.05, 4.69) is 36.4 Å². The largest absolute Gasteiger partial charge is 0.288 e. The zero-order chi connectivity index (χ0) is 13.5. The van der Waals surface area contributed by atoms with Gasteiger partial charge in [0.15, 0.2) is 5.12 Å². The molecule has 2 heteroatoms. The third-order valence-corrected chi connectivity index (χ3v) is 3.48. The van der Waals surface area contributed by atoms with Gasteiger partial charge in [0, 0.05) is 12.7 Å². The van der Waals surface area contributed by atoms with Crippen LogP contribution in [-0.4, -0.2) is 10.9 Å². The number of carbonyl (C=O) groups excluding carboxylic acids is 1. The maximum Gasteiger partial charge on any atom is 0.186 e. The summed E-state index contributed by atoms with van der Waals surface area (Å²) in [5.74, 6) is 0.732. The van der Waals surface area contributed by atoms with Crippen molar-refractivity contribution in [1.29, 1.82) is 0 Å². The molecule has 0 N–H and O–H groups in total. The third kappa shape index (κ3) is 4.42. The van der Waals surface area contributed by atoms with Crippen LogP contribution in [-0.2, 0) is 4.79 Å². The molecule has 2 rings (SSSR count). The lowest BCUT2D eigenvalue weighted by atomic mass is 10.0. The lowest BCUT2D eigenvalue weighted by Crippen LogP contribution is -1.82. The van der Waals surface area contributed by atoms with Gasteiger partial charge in [0.2, 0.25) is 0 Å². The lowest BCUT2D eigenvalue weighted by Gasteiger charge is -2.01. The van der Waals surface area contributed by atoms with Gasteiger partial charge < -0.3 is 0 Å². The smallest absolute Gasteiger partial charge is 0.186 e. The first-order chi connectivity index (χ1) is 9.25. The summed E-state index contributed by atoms with van der Waals surface area (Å²) >= 11 is 1.32. The zero-order valence-corrected chi connectivity index (χ0v) is 11.7. The van der Waals surface area contributed by atoms with Crippen molar-refractivity contribution in [1.82, 2.24) is 0 Å². The van der Waals surface area contributed by atoms with E-state index in [4.69, 9.17) is 0 Å². The maximum atomic E-state index is 10.8. The van der Waals surface area contributed by atoms with Crippen LogP contribution in [0.15, 0.2) is 60.7 Å². The molecule has 0 aliphatic heterocycles. The van der Waals surface area contributed by atoms with E-state index in [0.29, 0.717) is 0 Å². The Hall–Kier alpha value is -1.80. The molecular weight excluding hydrogens is 252 g/mol. The number of rotatable bonds is 4. The van der Waals surface area contributed by atoms with Gasteiger partial charge in [0.1, 0.15) is 0 Å². The summed E-state index contributed by atoms with van der Waals surface area (Å²) in [6.07, 6.45) is 4.06. The van der Waals surface area contributed by atoms with Crippen LogP contribution >= 0.6 is 11.8 Å². The van der Waals surface area contributed by atoms with Crippen LogP contribution in [0.1, 0.15) is 12.5 Å². The Morgan fingerprint density at radius 2 is 1.63 bits per heavy atom. The first-order valence-electron chi connectivity index (χ1n) is 6.21. The van der Waals surface area contributed by atoms with Crippen molar-refractivity contribution >= 4 is 23.0 Å². The van der Waals surface area contributed by atoms with Crippen LogP contribution in [0.3, 0.4) is 0 Å². The Morgan fingerprint density at radius 3 is 2.26 bits per heavy atom. The molecular formula is C17H16OS. The molecule has 0 heterocycles. The van der Waals surface area contributed by atoms with Crippen molar-refractivity contribution in [2.45, 2.75) is 6.92 Å². The second-order valence-electron chi connectivity index (χ2n) is 4.19. The van der Waals surface area contributed by atoms with Crippen LogP contribution in [0.2, 0.25) is 0 Å². The second kappa shape index (κ2) is 6.95. The summed E-state index contributed by atoms with van der Waals surface area (Å²) in [6, 6.07) is 18.7. The highest BCUT2D eigenvalue weighted by atomic mass is 32.2. The molecule has 0 aromatic heterocycles. The summed E-state index contributed by atoms with van der Waals surface area (Å²) in [6.45, 7) is 1.59. The fourth-order valence-electron chi connectivity index (χ4n) is 1.77. The average molecular weight is 268 g/mol. The third-order valence-electron chi connectivity index (χ3n) is 2.71. The molecule has 0 atom stereocenters.